The molecule has 0 radical (unpaired) electrons. The standard InChI is InChI=1S/C21H34N2O4S/c1-17(2)16-27-20-4-6-21(7-5-20)28(24,25)23-14-8-18(9-15-23)22-12-10-19(26-3)11-13-22/h4-7,17-19H,8-16H2,1-3H3. The van der Waals surface area contributed by atoms with Crippen LogP contribution in [0.2, 0.25) is 0 Å². The molecular weight excluding hydrogens is 376 g/mol. The predicted molar refractivity (Wildman–Crippen MR) is 110 cm³/mol. The van der Waals surface area contributed by atoms with E-state index in [0.717, 1.165) is 38.8 Å². The van der Waals surface area contributed by atoms with Crippen LogP contribution < -0.4 is 4.74 Å². The molecule has 7 heteroatoms. The molecule has 0 bridgehead atoms. The number of sulfonamides is 1. The largest absolute Gasteiger partial charge is 0.493 e. The molecular formula is C21H34N2O4S. The van der Waals surface area contributed by atoms with Gasteiger partial charge in [0, 0.05) is 39.3 Å². The lowest BCUT2D eigenvalue weighted by Crippen LogP contribution is -2.49. The zero-order valence-electron chi connectivity index (χ0n) is 17.3. The van der Waals surface area contributed by atoms with Gasteiger partial charge < -0.3 is 14.4 Å². The Balaban J connectivity index is 1.54. The molecule has 2 fully saturated rings. The lowest BCUT2D eigenvalue weighted by atomic mass is 10.00. The number of hydrogen-bond donors (Lipinski definition) is 0. The van der Waals surface area contributed by atoms with E-state index in [1.54, 1.807) is 35.7 Å². The summed E-state index contributed by atoms with van der Waals surface area (Å²) >= 11 is 0. The van der Waals surface area contributed by atoms with Crippen molar-refractivity contribution in [3.63, 3.8) is 0 Å². The summed E-state index contributed by atoms with van der Waals surface area (Å²) in [5, 5.41) is 0. The second-order valence-corrected chi connectivity index (χ2v) is 10.2. The smallest absolute Gasteiger partial charge is 0.243 e. The number of methoxy groups -OCH3 is 1. The molecule has 2 aliphatic rings. The Labute approximate surface area is 169 Å². The maximum absolute atomic E-state index is 13.0. The van der Waals surface area contributed by atoms with Gasteiger partial charge in [0.15, 0.2) is 0 Å². The zero-order valence-corrected chi connectivity index (χ0v) is 18.2. The van der Waals surface area contributed by atoms with E-state index in [1.807, 2.05) is 0 Å². The number of benzene rings is 1. The van der Waals surface area contributed by atoms with Gasteiger partial charge in [-0.15, -0.1) is 0 Å². The van der Waals surface area contributed by atoms with Crippen molar-refractivity contribution in [2.75, 3.05) is 39.9 Å². The van der Waals surface area contributed by atoms with Crippen LogP contribution in [0.1, 0.15) is 39.5 Å². The molecule has 6 nitrogen and oxygen atoms in total. The van der Waals surface area contributed by atoms with Gasteiger partial charge in [0.25, 0.3) is 0 Å². The normalized spacial score (nSPS) is 21.3. The molecule has 0 aromatic heterocycles. The van der Waals surface area contributed by atoms with Gasteiger partial charge in [-0.1, -0.05) is 13.8 Å². The third-order valence-corrected chi connectivity index (χ3v) is 7.71. The molecule has 0 N–H and O–H groups in total. The average molecular weight is 411 g/mol. The second kappa shape index (κ2) is 9.57. The highest BCUT2D eigenvalue weighted by Crippen LogP contribution is 2.26. The third kappa shape index (κ3) is 5.26. The highest BCUT2D eigenvalue weighted by atomic mass is 32.2. The monoisotopic (exact) mass is 410 g/mol. The summed E-state index contributed by atoms with van der Waals surface area (Å²) in [6, 6.07) is 7.31. The van der Waals surface area contributed by atoms with E-state index in [4.69, 9.17) is 9.47 Å². The fourth-order valence-electron chi connectivity index (χ4n) is 4.04. The first-order chi connectivity index (χ1) is 13.4. The lowest BCUT2D eigenvalue weighted by Gasteiger charge is -2.41. The van der Waals surface area contributed by atoms with Gasteiger partial charge in [0.1, 0.15) is 5.75 Å². The number of hydrogen-bond acceptors (Lipinski definition) is 5. The fourth-order valence-corrected chi connectivity index (χ4v) is 5.51. The average Bonchev–Trinajstić information content (AvgIpc) is 2.72. The first-order valence-corrected chi connectivity index (χ1v) is 11.8. The van der Waals surface area contributed by atoms with Gasteiger partial charge in [-0.2, -0.15) is 4.31 Å². The summed E-state index contributed by atoms with van der Waals surface area (Å²) in [6.07, 6.45) is 4.31. The maximum Gasteiger partial charge on any atom is 0.243 e. The molecule has 0 saturated carbocycles. The SMILES string of the molecule is COC1CCN(C2CCN(S(=O)(=O)c3ccc(OCC(C)C)cc3)CC2)CC1. The molecule has 158 valence electrons. The van der Waals surface area contributed by atoms with Gasteiger partial charge in [-0.3, -0.25) is 0 Å². The molecule has 3 rings (SSSR count). The van der Waals surface area contributed by atoms with Gasteiger partial charge >= 0.3 is 0 Å². The van der Waals surface area contributed by atoms with E-state index in [2.05, 4.69) is 18.7 Å². The van der Waals surface area contributed by atoms with Crippen molar-refractivity contribution in [2.45, 2.75) is 56.6 Å². The van der Waals surface area contributed by atoms with Crippen LogP contribution >= 0.6 is 0 Å². The molecule has 2 aliphatic heterocycles. The molecule has 2 heterocycles. The minimum absolute atomic E-state index is 0.351. The Bertz CT molecular complexity index is 704. The Kier molecular flexibility index (Phi) is 7.36. The van der Waals surface area contributed by atoms with Gasteiger partial charge in [-0.25, -0.2) is 8.42 Å². The molecule has 1 aromatic carbocycles. The first-order valence-electron chi connectivity index (χ1n) is 10.4. The maximum atomic E-state index is 13.0. The van der Waals surface area contributed by atoms with Crippen molar-refractivity contribution in [3.05, 3.63) is 24.3 Å². The predicted octanol–water partition coefficient (Wildman–Crippen LogP) is 2.99. The molecule has 28 heavy (non-hydrogen) atoms. The molecule has 1 aromatic rings. The molecule has 2 saturated heterocycles. The lowest BCUT2D eigenvalue weighted by molar-refractivity contribution is 0.0190. The Morgan fingerprint density at radius 2 is 1.61 bits per heavy atom. The van der Waals surface area contributed by atoms with Crippen molar-refractivity contribution in [2.24, 2.45) is 5.92 Å². The molecule has 0 amide bonds. The van der Waals surface area contributed by atoms with Gasteiger partial charge in [0.2, 0.25) is 10.0 Å². The Morgan fingerprint density at radius 1 is 1.00 bits per heavy atom. The van der Waals surface area contributed by atoms with E-state index in [1.165, 1.54) is 0 Å². The highest BCUT2D eigenvalue weighted by molar-refractivity contribution is 7.89. The van der Waals surface area contributed by atoms with Crippen LogP contribution in [0.4, 0.5) is 0 Å². The van der Waals surface area contributed by atoms with Crippen molar-refractivity contribution in [3.8, 4) is 5.75 Å². The van der Waals surface area contributed by atoms with Crippen LogP contribution in [0.15, 0.2) is 29.2 Å². The van der Waals surface area contributed by atoms with Crippen LogP contribution in [-0.2, 0) is 14.8 Å². The number of ether oxygens (including phenoxy) is 2. The number of rotatable bonds is 7. The van der Waals surface area contributed by atoms with Crippen LogP contribution in [0.25, 0.3) is 0 Å². The van der Waals surface area contributed by atoms with Crippen LogP contribution in [0, 0.1) is 5.92 Å². The van der Waals surface area contributed by atoms with Crippen molar-refractivity contribution < 1.29 is 17.9 Å². The van der Waals surface area contributed by atoms with E-state index in [9.17, 15) is 8.42 Å². The third-order valence-electron chi connectivity index (χ3n) is 5.79. The van der Waals surface area contributed by atoms with E-state index in [-0.39, 0.29) is 0 Å². The second-order valence-electron chi connectivity index (χ2n) is 8.28. The summed E-state index contributed by atoms with van der Waals surface area (Å²) in [6.45, 7) is 8.07. The van der Waals surface area contributed by atoms with E-state index >= 15 is 0 Å². The minimum atomic E-state index is -3.44. The minimum Gasteiger partial charge on any atom is -0.493 e. The summed E-state index contributed by atoms with van der Waals surface area (Å²) < 4.78 is 38.7. The van der Waals surface area contributed by atoms with Crippen LogP contribution in [-0.4, -0.2) is 69.7 Å². The van der Waals surface area contributed by atoms with Gasteiger partial charge in [-0.05, 0) is 55.9 Å². The highest BCUT2D eigenvalue weighted by Gasteiger charge is 2.33. The Hall–Kier alpha value is -1.15. The molecule has 0 aliphatic carbocycles. The fraction of sp³-hybridized carbons (Fsp3) is 0.714. The topological polar surface area (TPSA) is 59.1 Å². The summed E-state index contributed by atoms with van der Waals surface area (Å²) in [4.78, 5) is 2.86. The summed E-state index contributed by atoms with van der Waals surface area (Å²) in [5.74, 6) is 1.15. The number of likely N-dealkylation sites (tertiary alicyclic amines) is 1. The van der Waals surface area contributed by atoms with Crippen LogP contribution in [0.5, 0.6) is 5.75 Å². The summed E-state index contributed by atoms with van der Waals surface area (Å²) in [7, 11) is -1.65. The Morgan fingerprint density at radius 3 is 2.14 bits per heavy atom. The van der Waals surface area contributed by atoms with Crippen LogP contribution in [0.3, 0.4) is 0 Å². The van der Waals surface area contributed by atoms with E-state index in [0.29, 0.717) is 48.4 Å². The van der Waals surface area contributed by atoms with E-state index < -0.39 is 10.0 Å². The van der Waals surface area contributed by atoms with Crippen molar-refractivity contribution in [1.82, 2.24) is 9.21 Å². The van der Waals surface area contributed by atoms with Crippen molar-refractivity contribution >= 4 is 10.0 Å². The number of piperidine rings is 2. The van der Waals surface area contributed by atoms with Crippen molar-refractivity contribution in [1.29, 1.82) is 0 Å². The zero-order chi connectivity index (χ0) is 20.1. The first kappa shape index (κ1) is 21.6. The summed E-state index contributed by atoms with van der Waals surface area (Å²) in [5.41, 5.74) is 0. The quantitative estimate of drug-likeness (QED) is 0.692. The molecule has 0 atom stereocenters. The number of nitrogens with zero attached hydrogens (tertiary/aromatic N) is 2. The van der Waals surface area contributed by atoms with Gasteiger partial charge in [0.05, 0.1) is 17.6 Å². The molecule has 0 spiro atoms. The molecule has 0 unspecified atom stereocenters.